The smallest absolute Gasteiger partial charge is 0.349 e. The number of carbonyl (C=O) groups is 2. The SMILES string of the molecule is COc1cc(C)c(C=CC(C)=CC=CC(C)=CC(=O)OCC(=O)OC=Cc2ccccc2)c(C)c1C. The number of aryl methyl sites for hydroxylation is 1. The van der Waals surface area contributed by atoms with Gasteiger partial charge in [-0.1, -0.05) is 66.3 Å². The Morgan fingerprint density at radius 2 is 1.64 bits per heavy atom. The number of esters is 2. The van der Waals surface area contributed by atoms with Crippen LogP contribution in [-0.4, -0.2) is 25.7 Å². The van der Waals surface area contributed by atoms with E-state index in [1.807, 2.05) is 49.4 Å². The maximum atomic E-state index is 12.0. The molecule has 36 heavy (non-hydrogen) atoms. The van der Waals surface area contributed by atoms with Crippen LogP contribution >= 0.6 is 0 Å². The van der Waals surface area contributed by atoms with E-state index in [-0.39, 0.29) is 0 Å². The number of benzene rings is 2. The predicted octanol–water partition coefficient (Wildman–Crippen LogP) is 6.84. The molecule has 2 aromatic rings. The van der Waals surface area contributed by atoms with Gasteiger partial charge in [-0.2, -0.15) is 0 Å². The van der Waals surface area contributed by atoms with Gasteiger partial charge in [0.15, 0.2) is 6.61 Å². The Kier molecular flexibility index (Phi) is 11.2. The summed E-state index contributed by atoms with van der Waals surface area (Å²) in [7, 11) is 1.69. The first-order chi connectivity index (χ1) is 17.2. The largest absolute Gasteiger partial charge is 0.496 e. The lowest BCUT2D eigenvalue weighted by Gasteiger charge is -2.13. The van der Waals surface area contributed by atoms with Gasteiger partial charge in [0.2, 0.25) is 0 Å². The van der Waals surface area contributed by atoms with E-state index in [2.05, 4.69) is 39.0 Å². The fourth-order valence-corrected chi connectivity index (χ4v) is 3.35. The van der Waals surface area contributed by atoms with Crippen molar-refractivity contribution < 1.29 is 23.8 Å². The van der Waals surface area contributed by atoms with Gasteiger partial charge >= 0.3 is 11.9 Å². The maximum absolute atomic E-state index is 12.0. The van der Waals surface area contributed by atoms with E-state index in [4.69, 9.17) is 14.2 Å². The van der Waals surface area contributed by atoms with Crippen LogP contribution in [0.25, 0.3) is 12.2 Å². The van der Waals surface area contributed by atoms with Crippen molar-refractivity contribution in [2.24, 2.45) is 0 Å². The third-order valence-corrected chi connectivity index (χ3v) is 5.50. The van der Waals surface area contributed by atoms with Crippen LogP contribution < -0.4 is 4.74 Å². The summed E-state index contributed by atoms with van der Waals surface area (Å²) in [6.07, 6.45) is 14.0. The van der Waals surface area contributed by atoms with Crippen molar-refractivity contribution in [2.75, 3.05) is 13.7 Å². The predicted molar refractivity (Wildman–Crippen MR) is 145 cm³/mol. The van der Waals surface area contributed by atoms with Gasteiger partial charge in [-0.3, -0.25) is 0 Å². The molecule has 0 aliphatic rings. The Bertz CT molecular complexity index is 1210. The molecule has 2 aromatic carbocycles. The first kappa shape index (κ1) is 28.1. The average molecular weight is 487 g/mol. The van der Waals surface area contributed by atoms with Crippen molar-refractivity contribution in [1.82, 2.24) is 0 Å². The number of hydrogen-bond donors (Lipinski definition) is 0. The highest BCUT2D eigenvalue weighted by atomic mass is 16.6. The standard InChI is InChI=1S/C31H34O5/c1-22(15-16-28-24(3)20-29(34-6)26(5)25(28)4)11-10-12-23(2)19-30(32)36-21-31(33)35-18-17-27-13-8-7-9-14-27/h7-20H,21H2,1-6H3. The summed E-state index contributed by atoms with van der Waals surface area (Å²) in [4.78, 5) is 23.7. The van der Waals surface area contributed by atoms with Crippen LogP contribution in [0.4, 0.5) is 0 Å². The molecule has 0 atom stereocenters. The topological polar surface area (TPSA) is 61.8 Å². The first-order valence-corrected chi connectivity index (χ1v) is 11.6. The molecule has 0 radical (unpaired) electrons. The molecule has 0 bridgehead atoms. The van der Waals surface area contributed by atoms with Crippen molar-refractivity contribution in [3.63, 3.8) is 0 Å². The monoisotopic (exact) mass is 486 g/mol. The third kappa shape index (κ3) is 9.26. The first-order valence-electron chi connectivity index (χ1n) is 11.6. The van der Waals surface area contributed by atoms with E-state index in [1.54, 1.807) is 26.2 Å². The number of hydrogen-bond acceptors (Lipinski definition) is 5. The van der Waals surface area contributed by atoms with Crippen LogP contribution in [0, 0.1) is 20.8 Å². The van der Waals surface area contributed by atoms with Crippen molar-refractivity contribution in [3.05, 3.63) is 112 Å². The van der Waals surface area contributed by atoms with Crippen molar-refractivity contribution in [2.45, 2.75) is 34.6 Å². The van der Waals surface area contributed by atoms with Crippen LogP contribution in [0.1, 0.15) is 41.7 Å². The fourth-order valence-electron chi connectivity index (χ4n) is 3.35. The van der Waals surface area contributed by atoms with Crippen molar-refractivity contribution in [3.8, 4) is 5.75 Å². The Labute approximate surface area is 214 Å². The quantitative estimate of drug-likeness (QED) is 0.159. The Morgan fingerprint density at radius 3 is 2.33 bits per heavy atom. The molecule has 0 unspecified atom stereocenters. The number of carbonyl (C=O) groups excluding carboxylic acids is 2. The Hall–Kier alpha value is -4.12. The molecule has 0 aromatic heterocycles. The molecule has 0 amide bonds. The molecule has 0 saturated heterocycles. The zero-order valence-electron chi connectivity index (χ0n) is 21.8. The minimum Gasteiger partial charge on any atom is -0.496 e. The van der Waals surface area contributed by atoms with E-state index in [0.29, 0.717) is 5.57 Å². The van der Waals surface area contributed by atoms with E-state index >= 15 is 0 Å². The van der Waals surface area contributed by atoms with Gasteiger partial charge in [-0.15, -0.1) is 0 Å². The third-order valence-electron chi connectivity index (χ3n) is 5.50. The van der Waals surface area contributed by atoms with E-state index < -0.39 is 18.5 Å². The summed E-state index contributed by atoms with van der Waals surface area (Å²) >= 11 is 0. The molecule has 0 spiro atoms. The zero-order chi connectivity index (χ0) is 26.5. The lowest BCUT2D eigenvalue weighted by atomic mass is 9.96. The molecular weight excluding hydrogens is 452 g/mol. The molecule has 0 aliphatic heterocycles. The molecule has 0 aliphatic carbocycles. The van der Waals surface area contributed by atoms with Gasteiger partial charge in [0.25, 0.3) is 0 Å². The summed E-state index contributed by atoms with van der Waals surface area (Å²) in [5.74, 6) is -0.363. The summed E-state index contributed by atoms with van der Waals surface area (Å²) in [6.45, 7) is 9.55. The highest BCUT2D eigenvalue weighted by molar-refractivity contribution is 5.85. The number of allylic oxidation sites excluding steroid dienone is 6. The zero-order valence-corrected chi connectivity index (χ0v) is 21.8. The summed E-state index contributed by atoms with van der Waals surface area (Å²) in [5.41, 5.74) is 7.31. The maximum Gasteiger partial charge on any atom is 0.349 e. The van der Waals surface area contributed by atoms with Gasteiger partial charge in [-0.05, 0) is 80.2 Å². The summed E-state index contributed by atoms with van der Waals surface area (Å²) in [6, 6.07) is 11.5. The highest BCUT2D eigenvalue weighted by Gasteiger charge is 2.08. The molecule has 0 N–H and O–H groups in total. The second kappa shape index (κ2) is 14.3. The molecule has 0 fully saturated rings. The highest BCUT2D eigenvalue weighted by Crippen LogP contribution is 2.28. The van der Waals surface area contributed by atoms with Crippen molar-refractivity contribution >= 4 is 24.1 Å². The van der Waals surface area contributed by atoms with E-state index in [1.165, 1.54) is 23.5 Å². The van der Waals surface area contributed by atoms with Gasteiger partial charge in [0.1, 0.15) is 5.75 Å². The second-order valence-corrected chi connectivity index (χ2v) is 8.36. The van der Waals surface area contributed by atoms with Gasteiger partial charge < -0.3 is 14.2 Å². The lowest BCUT2D eigenvalue weighted by Crippen LogP contribution is -2.13. The van der Waals surface area contributed by atoms with Crippen LogP contribution in [0.2, 0.25) is 0 Å². The fraction of sp³-hybridized carbons (Fsp3) is 0.226. The molecule has 0 saturated carbocycles. The average Bonchev–Trinajstić information content (AvgIpc) is 2.85. The summed E-state index contributed by atoms with van der Waals surface area (Å²) < 4.78 is 15.3. The summed E-state index contributed by atoms with van der Waals surface area (Å²) in [5, 5.41) is 0. The number of methoxy groups -OCH3 is 1. The molecule has 2 rings (SSSR count). The minimum atomic E-state index is -0.653. The molecule has 5 nitrogen and oxygen atoms in total. The lowest BCUT2D eigenvalue weighted by molar-refractivity contribution is -0.152. The molecule has 5 heteroatoms. The van der Waals surface area contributed by atoms with E-state index in [9.17, 15) is 9.59 Å². The minimum absolute atomic E-state index is 0.459. The van der Waals surface area contributed by atoms with E-state index in [0.717, 1.165) is 28.0 Å². The number of ether oxygens (including phenoxy) is 3. The Morgan fingerprint density at radius 1 is 0.917 bits per heavy atom. The van der Waals surface area contributed by atoms with Crippen LogP contribution in [0.15, 0.2) is 84.2 Å². The molecule has 0 heterocycles. The van der Waals surface area contributed by atoms with Crippen molar-refractivity contribution in [1.29, 1.82) is 0 Å². The van der Waals surface area contributed by atoms with Gasteiger partial charge in [0.05, 0.1) is 13.4 Å². The van der Waals surface area contributed by atoms with Crippen LogP contribution in [0.5, 0.6) is 5.75 Å². The normalized spacial score (nSPS) is 12.5. The Balaban J connectivity index is 1.86. The molecule has 188 valence electrons. The van der Waals surface area contributed by atoms with Crippen LogP contribution in [0.3, 0.4) is 0 Å². The number of rotatable bonds is 10. The van der Waals surface area contributed by atoms with Gasteiger partial charge in [0, 0.05) is 6.08 Å². The van der Waals surface area contributed by atoms with Gasteiger partial charge in [-0.25, -0.2) is 9.59 Å². The molecular formula is C31H34O5. The second-order valence-electron chi connectivity index (χ2n) is 8.36. The van der Waals surface area contributed by atoms with Crippen LogP contribution in [-0.2, 0) is 19.1 Å².